The van der Waals surface area contributed by atoms with Crippen LogP contribution in [0.15, 0.2) is 47.6 Å². The molecule has 1 fully saturated rings. The molecule has 0 aromatic heterocycles. The molecule has 13 heteroatoms. The van der Waals surface area contributed by atoms with Crippen LogP contribution in [0, 0.1) is 0 Å². The number of aliphatic hydroxyl groups is 1. The molecule has 41 heavy (non-hydrogen) atoms. The van der Waals surface area contributed by atoms with Gasteiger partial charge in [-0.1, -0.05) is 23.7 Å². The molecule has 4 rings (SSSR count). The Balaban J connectivity index is 1.15. The van der Waals surface area contributed by atoms with Crippen LogP contribution in [0.25, 0.3) is 0 Å². The molecule has 2 aromatic rings. The highest BCUT2D eigenvalue weighted by Crippen LogP contribution is 2.31. The normalized spacial score (nSPS) is 17.0. The van der Waals surface area contributed by atoms with Gasteiger partial charge in [-0.05, 0) is 48.7 Å². The van der Waals surface area contributed by atoms with Crippen molar-refractivity contribution in [2.45, 2.75) is 50.9 Å². The summed E-state index contributed by atoms with van der Waals surface area (Å²) >= 11 is 6.35. The van der Waals surface area contributed by atoms with E-state index in [1.165, 1.54) is 12.1 Å². The van der Waals surface area contributed by atoms with E-state index in [2.05, 4.69) is 20.6 Å². The van der Waals surface area contributed by atoms with Gasteiger partial charge in [0.05, 0.1) is 10.7 Å². The first-order chi connectivity index (χ1) is 19.6. The number of hydrazone groups is 1. The second kappa shape index (κ2) is 13.9. The second-order valence-corrected chi connectivity index (χ2v) is 10.3. The highest BCUT2D eigenvalue weighted by Gasteiger charge is 2.26. The van der Waals surface area contributed by atoms with Gasteiger partial charge in [-0.3, -0.25) is 9.59 Å². The standard InChI is InChI=1S/C28H33ClF2N4O6/c1-28(30,31)41-25-5-3-2-4-24(25)39-16-20(36)15-32-19-10-12-35(13-11-19)27(38)17-40-23-8-6-18(14-21(23)29)22-7-9-26(37)34-33-22/h2-6,8,14,19-20,32,36H,7,9-13,15-17H2,1H3,(H,34,37)/t20-/m0/s1. The largest absolute Gasteiger partial charge is 0.487 e. The van der Waals surface area contributed by atoms with Crippen LogP contribution in [0.1, 0.15) is 38.2 Å². The van der Waals surface area contributed by atoms with Crippen molar-refractivity contribution in [3.8, 4) is 17.2 Å². The number of nitrogens with one attached hydrogen (secondary N) is 2. The summed E-state index contributed by atoms with van der Waals surface area (Å²) in [6.45, 7) is 1.68. The van der Waals surface area contributed by atoms with Crippen LogP contribution in [-0.2, 0) is 9.59 Å². The van der Waals surface area contributed by atoms with Gasteiger partial charge in [0, 0.05) is 45.4 Å². The van der Waals surface area contributed by atoms with E-state index in [4.69, 9.17) is 21.1 Å². The second-order valence-electron chi connectivity index (χ2n) is 9.91. The molecular weight excluding hydrogens is 562 g/mol. The highest BCUT2D eigenvalue weighted by atomic mass is 35.5. The summed E-state index contributed by atoms with van der Waals surface area (Å²) in [4.78, 5) is 25.7. The van der Waals surface area contributed by atoms with E-state index in [9.17, 15) is 23.5 Å². The Labute approximate surface area is 241 Å². The number of benzene rings is 2. The molecule has 222 valence electrons. The van der Waals surface area contributed by atoms with Gasteiger partial charge in [0.2, 0.25) is 5.91 Å². The summed E-state index contributed by atoms with van der Waals surface area (Å²) in [6, 6.07) is 11.3. The molecule has 3 N–H and O–H groups in total. The number of rotatable bonds is 12. The Hall–Kier alpha value is -3.48. The van der Waals surface area contributed by atoms with Crippen LogP contribution in [-0.4, -0.2) is 78.6 Å². The minimum atomic E-state index is -3.35. The molecule has 2 heterocycles. The molecule has 1 saturated heterocycles. The summed E-state index contributed by atoms with van der Waals surface area (Å²) in [7, 11) is 0. The third-order valence-corrected chi connectivity index (χ3v) is 6.88. The van der Waals surface area contributed by atoms with Crippen molar-refractivity contribution in [3.63, 3.8) is 0 Å². The number of halogens is 3. The molecule has 10 nitrogen and oxygen atoms in total. The number of carbonyl (C=O) groups is 2. The Morgan fingerprint density at radius 2 is 1.90 bits per heavy atom. The van der Waals surface area contributed by atoms with Crippen molar-refractivity contribution in [1.82, 2.24) is 15.6 Å². The molecule has 2 aliphatic rings. The minimum absolute atomic E-state index is 0.0958. The first-order valence-corrected chi connectivity index (χ1v) is 13.7. The number of para-hydroxylation sites is 2. The van der Waals surface area contributed by atoms with Gasteiger partial charge in [0.1, 0.15) is 18.5 Å². The van der Waals surface area contributed by atoms with Crippen molar-refractivity contribution < 1.29 is 37.7 Å². The summed E-state index contributed by atoms with van der Waals surface area (Å²) in [5, 5.41) is 18.0. The molecule has 0 spiro atoms. The average molecular weight is 595 g/mol. The van der Waals surface area contributed by atoms with Crippen LogP contribution in [0.3, 0.4) is 0 Å². The number of ether oxygens (including phenoxy) is 3. The zero-order valence-corrected chi connectivity index (χ0v) is 23.3. The SMILES string of the molecule is CC(F)(F)Oc1ccccc1OC[C@@H](O)CNC1CCN(C(=O)COc2ccc(C3=NNC(=O)CC3)cc2Cl)CC1. The number of hydrogen-bond acceptors (Lipinski definition) is 8. The molecule has 2 aromatic carbocycles. The van der Waals surface area contributed by atoms with Crippen LogP contribution < -0.4 is 25.0 Å². The molecule has 2 aliphatic heterocycles. The highest BCUT2D eigenvalue weighted by molar-refractivity contribution is 6.32. The van der Waals surface area contributed by atoms with Crippen LogP contribution in [0.5, 0.6) is 17.2 Å². The Bertz CT molecular complexity index is 1250. The number of carbonyl (C=O) groups excluding carboxylic acids is 2. The Morgan fingerprint density at radius 3 is 2.56 bits per heavy atom. The topological polar surface area (TPSA) is 122 Å². The zero-order chi connectivity index (χ0) is 29.4. The number of alkyl halides is 2. The van der Waals surface area contributed by atoms with E-state index in [0.29, 0.717) is 56.5 Å². The smallest absolute Gasteiger partial charge is 0.395 e. The molecule has 0 bridgehead atoms. The van der Waals surface area contributed by atoms with E-state index in [0.717, 1.165) is 11.3 Å². The fourth-order valence-electron chi connectivity index (χ4n) is 4.44. The van der Waals surface area contributed by atoms with Crippen LogP contribution in [0.2, 0.25) is 5.02 Å². The van der Waals surface area contributed by atoms with Gasteiger partial charge in [0.15, 0.2) is 18.1 Å². The minimum Gasteiger partial charge on any atom is -0.487 e. The monoisotopic (exact) mass is 594 g/mol. The lowest BCUT2D eigenvalue weighted by Gasteiger charge is -2.33. The van der Waals surface area contributed by atoms with Crippen molar-refractivity contribution >= 4 is 29.1 Å². The molecule has 0 saturated carbocycles. The van der Waals surface area contributed by atoms with E-state index < -0.39 is 12.2 Å². The molecule has 2 amide bonds. The van der Waals surface area contributed by atoms with Gasteiger partial charge < -0.3 is 29.5 Å². The van der Waals surface area contributed by atoms with Crippen molar-refractivity contribution in [2.24, 2.45) is 5.10 Å². The molecule has 0 aliphatic carbocycles. The van der Waals surface area contributed by atoms with Gasteiger partial charge in [0.25, 0.3) is 5.91 Å². The fourth-order valence-corrected chi connectivity index (χ4v) is 4.67. The van der Waals surface area contributed by atoms with E-state index >= 15 is 0 Å². The van der Waals surface area contributed by atoms with E-state index in [1.807, 2.05) is 0 Å². The summed E-state index contributed by atoms with van der Waals surface area (Å²) < 4.78 is 42.2. The summed E-state index contributed by atoms with van der Waals surface area (Å²) in [6.07, 6.45) is -1.97. The van der Waals surface area contributed by atoms with E-state index in [-0.39, 0.29) is 49.1 Å². The van der Waals surface area contributed by atoms with Crippen molar-refractivity contribution in [2.75, 3.05) is 32.8 Å². The Morgan fingerprint density at radius 1 is 1.17 bits per heavy atom. The maximum absolute atomic E-state index is 13.2. The maximum Gasteiger partial charge on any atom is 0.395 e. The molecular formula is C28H33ClF2N4O6. The van der Waals surface area contributed by atoms with Gasteiger partial charge in [-0.2, -0.15) is 13.9 Å². The first kappa shape index (κ1) is 30.5. The molecule has 1 atom stereocenters. The third kappa shape index (κ3) is 9.27. The number of hydrogen-bond donors (Lipinski definition) is 3. The quantitative estimate of drug-likeness (QED) is 0.345. The maximum atomic E-state index is 13.2. The van der Waals surface area contributed by atoms with Gasteiger partial charge in [-0.25, -0.2) is 5.43 Å². The van der Waals surface area contributed by atoms with Gasteiger partial charge in [-0.15, -0.1) is 0 Å². The lowest BCUT2D eigenvalue weighted by Crippen LogP contribution is -2.48. The number of likely N-dealkylation sites (tertiary alicyclic amines) is 1. The van der Waals surface area contributed by atoms with Crippen molar-refractivity contribution in [1.29, 1.82) is 0 Å². The number of aliphatic hydroxyl groups excluding tert-OH is 1. The Kier molecular flexibility index (Phi) is 10.4. The average Bonchev–Trinajstić information content (AvgIpc) is 2.94. The van der Waals surface area contributed by atoms with Crippen molar-refractivity contribution in [3.05, 3.63) is 53.1 Å². The fraction of sp³-hybridized carbons (Fsp3) is 0.464. The lowest BCUT2D eigenvalue weighted by molar-refractivity contribution is -0.160. The predicted octanol–water partition coefficient (Wildman–Crippen LogP) is 3.34. The summed E-state index contributed by atoms with van der Waals surface area (Å²) in [5.41, 5.74) is 3.96. The van der Waals surface area contributed by atoms with E-state index in [1.54, 1.807) is 35.2 Å². The number of piperidine rings is 1. The molecule has 0 unspecified atom stereocenters. The zero-order valence-electron chi connectivity index (χ0n) is 22.6. The predicted molar refractivity (Wildman–Crippen MR) is 148 cm³/mol. The van der Waals surface area contributed by atoms with Crippen LogP contribution in [0.4, 0.5) is 8.78 Å². The van der Waals surface area contributed by atoms with Crippen LogP contribution >= 0.6 is 11.6 Å². The van der Waals surface area contributed by atoms with Gasteiger partial charge >= 0.3 is 6.11 Å². The third-order valence-electron chi connectivity index (χ3n) is 6.58. The molecule has 0 radical (unpaired) electrons. The number of nitrogens with zero attached hydrogens (tertiary/aromatic N) is 2. The number of amides is 2. The lowest BCUT2D eigenvalue weighted by atomic mass is 10.0. The summed E-state index contributed by atoms with van der Waals surface area (Å²) in [5.74, 6) is 0.114. The first-order valence-electron chi connectivity index (χ1n) is 13.3.